The van der Waals surface area contributed by atoms with Gasteiger partial charge in [-0.25, -0.2) is 17.5 Å². The van der Waals surface area contributed by atoms with Crippen LogP contribution in [0.15, 0.2) is 17.0 Å². The maximum atomic E-state index is 13.5. The van der Waals surface area contributed by atoms with Crippen LogP contribution in [-0.2, 0) is 10.0 Å². The lowest BCUT2D eigenvalue weighted by Gasteiger charge is -2.23. The predicted molar refractivity (Wildman–Crippen MR) is 75.5 cm³/mol. The predicted octanol–water partition coefficient (Wildman–Crippen LogP) is 0.815. The van der Waals surface area contributed by atoms with Crippen LogP contribution < -0.4 is 4.72 Å². The van der Waals surface area contributed by atoms with Crippen molar-refractivity contribution >= 4 is 32.8 Å². The van der Waals surface area contributed by atoms with Crippen LogP contribution in [0.25, 0.3) is 11.0 Å². The average molecular weight is 319 g/mol. The zero-order valence-electron chi connectivity index (χ0n) is 11.4. The van der Waals surface area contributed by atoms with Crippen molar-refractivity contribution in [2.75, 3.05) is 34.2 Å². The number of hydrogen-bond donors (Lipinski definition) is 1. The summed E-state index contributed by atoms with van der Waals surface area (Å²) < 4.78 is 48.7. The van der Waals surface area contributed by atoms with Crippen molar-refractivity contribution in [3.63, 3.8) is 0 Å². The Balaban J connectivity index is 2.28. The van der Waals surface area contributed by atoms with E-state index in [2.05, 4.69) is 13.5 Å². The molecule has 0 saturated heterocycles. The number of rotatable bonds is 5. The lowest BCUT2D eigenvalue weighted by molar-refractivity contribution is -0.869. The van der Waals surface area contributed by atoms with Crippen molar-refractivity contribution in [3.8, 4) is 0 Å². The Morgan fingerprint density at radius 3 is 2.55 bits per heavy atom. The number of benzene rings is 1. The van der Waals surface area contributed by atoms with Crippen LogP contribution in [0.2, 0.25) is 0 Å². The van der Waals surface area contributed by atoms with E-state index in [0.29, 0.717) is 17.6 Å². The zero-order chi connectivity index (χ0) is 15.0. The van der Waals surface area contributed by atoms with E-state index in [1.54, 1.807) is 0 Å². The van der Waals surface area contributed by atoms with E-state index < -0.39 is 15.8 Å². The van der Waals surface area contributed by atoms with E-state index in [9.17, 15) is 12.8 Å². The molecule has 0 aliphatic carbocycles. The van der Waals surface area contributed by atoms with E-state index in [4.69, 9.17) is 0 Å². The van der Waals surface area contributed by atoms with Crippen LogP contribution in [0.1, 0.15) is 0 Å². The molecule has 0 saturated carbocycles. The van der Waals surface area contributed by atoms with Gasteiger partial charge in [-0.05, 0) is 12.1 Å². The van der Waals surface area contributed by atoms with Crippen molar-refractivity contribution in [3.05, 3.63) is 17.9 Å². The van der Waals surface area contributed by atoms with Gasteiger partial charge in [0.25, 0.3) is 0 Å². The fourth-order valence-electron chi connectivity index (χ4n) is 1.62. The first-order valence-electron chi connectivity index (χ1n) is 5.92. The van der Waals surface area contributed by atoms with Crippen LogP contribution in [0, 0.1) is 5.82 Å². The SMILES string of the molecule is C[N+](C)(C)CCNS(=O)(=O)c1ccc(F)c2nsnc12. The molecular formula is C11H16FN4O2S2+. The highest BCUT2D eigenvalue weighted by atomic mass is 32.2. The van der Waals surface area contributed by atoms with Gasteiger partial charge in [-0.15, -0.1) is 0 Å². The molecule has 0 aliphatic rings. The Morgan fingerprint density at radius 1 is 1.25 bits per heavy atom. The Kier molecular flexibility index (Phi) is 4.05. The maximum Gasteiger partial charge on any atom is 0.243 e. The van der Waals surface area contributed by atoms with Gasteiger partial charge in [0.2, 0.25) is 10.0 Å². The number of nitrogens with zero attached hydrogens (tertiary/aromatic N) is 3. The fraction of sp³-hybridized carbons (Fsp3) is 0.455. The molecule has 0 spiro atoms. The van der Waals surface area contributed by atoms with Gasteiger partial charge in [0.05, 0.1) is 46.0 Å². The second kappa shape index (κ2) is 5.32. The third-order valence-electron chi connectivity index (χ3n) is 2.69. The summed E-state index contributed by atoms with van der Waals surface area (Å²) in [5, 5.41) is 0. The van der Waals surface area contributed by atoms with Crippen LogP contribution in [0.4, 0.5) is 4.39 Å². The van der Waals surface area contributed by atoms with E-state index in [1.165, 1.54) is 6.07 Å². The van der Waals surface area contributed by atoms with Gasteiger partial charge < -0.3 is 4.48 Å². The number of likely N-dealkylation sites (N-methyl/N-ethyl adjacent to an activating group) is 1. The molecule has 1 heterocycles. The van der Waals surface area contributed by atoms with Gasteiger partial charge in [0.1, 0.15) is 15.9 Å². The van der Waals surface area contributed by atoms with Gasteiger partial charge in [0, 0.05) is 0 Å². The van der Waals surface area contributed by atoms with Gasteiger partial charge in [0.15, 0.2) is 5.82 Å². The molecule has 20 heavy (non-hydrogen) atoms. The van der Waals surface area contributed by atoms with E-state index in [-0.39, 0.29) is 15.9 Å². The van der Waals surface area contributed by atoms with Crippen molar-refractivity contribution in [2.45, 2.75) is 4.90 Å². The normalized spacial score (nSPS) is 13.0. The number of hydrogen-bond acceptors (Lipinski definition) is 5. The highest BCUT2D eigenvalue weighted by molar-refractivity contribution is 7.89. The average Bonchev–Trinajstić information content (AvgIpc) is 2.76. The van der Waals surface area contributed by atoms with Crippen LogP contribution >= 0.6 is 11.7 Å². The molecule has 0 fully saturated rings. The molecule has 1 aromatic carbocycles. The first-order chi connectivity index (χ1) is 9.21. The molecule has 0 unspecified atom stereocenters. The van der Waals surface area contributed by atoms with Gasteiger partial charge in [-0.2, -0.15) is 8.75 Å². The Hall–Kier alpha value is -1.16. The lowest BCUT2D eigenvalue weighted by Crippen LogP contribution is -2.41. The minimum absolute atomic E-state index is 0.00974. The summed E-state index contributed by atoms with van der Waals surface area (Å²) in [6.07, 6.45) is 0. The maximum absolute atomic E-state index is 13.5. The van der Waals surface area contributed by atoms with Gasteiger partial charge in [-0.3, -0.25) is 0 Å². The molecule has 1 N–H and O–H groups in total. The lowest BCUT2D eigenvalue weighted by atomic mass is 10.3. The molecule has 6 nitrogen and oxygen atoms in total. The molecule has 0 bridgehead atoms. The molecule has 110 valence electrons. The number of fused-ring (bicyclic) bond motifs is 1. The quantitative estimate of drug-likeness (QED) is 0.828. The van der Waals surface area contributed by atoms with Crippen LogP contribution in [0.5, 0.6) is 0 Å². The summed E-state index contributed by atoms with van der Waals surface area (Å²) in [6.45, 7) is 0.932. The molecule has 0 amide bonds. The minimum atomic E-state index is -3.72. The molecule has 0 atom stereocenters. The number of sulfonamides is 1. The van der Waals surface area contributed by atoms with Crippen molar-refractivity contribution in [2.24, 2.45) is 0 Å². The van der Waals surface area contributed by atoms with Crippen LogP contribution in [-0.4, -0.2) is 55.9 Å². The van der Waals surface area contributed by atoms with Crippen molar-refractivity contribution in [1.82, 2.24) is 13.5 Å². The van der Waals surface area contributed by atoms with E-state index in [1.807, 2.05) is 21.1 Å². The van der Waals surface area contributed by atoms with Gasteiger partial charge >= 0.3 is 0 Å². The highest BCUT2D eigenvalue weighted by Crippen LogP contribution is 2.23. The standard InChI is InChI=1S/C11H16FN4O2S2/c1-16(2,3)7-6-13-20(17,18)9-5-4-8(12)10-11(9)15-19-14-10/h4-5,13H,6-7H2,1-3H3/q+1. The molecule has 9 heteroatoms. The summed E-state index contributed by atoms with van der Waals surface area (Å²) in [7, 11) is 2.18. The number of halogens is 1. The third-order valence-corrected chi connectivity index (χ3v) is 4.71. The number of aromatic nitrogens is 2. The number of quaternary nitrogens is 1. The largest absolute Gasteiger partial charge is 0.330 e. The topological polar surface area (TPSA) is 72.0 Å². The van der Waals surface area contributed by atoms with Crippen LogP contribution in [0.3, 0.4) is 0 Å². The minimum Gasteiger partial charge on any atom is -0.330 e. The summed E-state index contributed by atoms with van der Waals surface area (Å²) in [6, 6.07) is 2.31. The molecular weight excluding hydrogens is 303 g/mol. The second-order valence-corrected chi connectivity index (χ2v) is 7.68. The zero-order valence-corrected chi connectivity index (χ0v) is 13.1. The number of nitrogens with one attached hydrogen (secondary N) is 1. The summed E-state index contributed by atoms with van der Waals surface area (Å²) in [5.74, 6) is -0.570. The third kappa shape index (κ3) is 3.29. The first-order valence-corrected chi connectivity index (χ1v) is 8.13. The monoisotopic (exact) mass is 319 g/mol. The Morgan fingerprint density at radius 2 is 1.90 bits per heavy atom. The summed E-state index contributed by atoms with van der Waals surface area (Å²) in [4.78, 5) is -0.0379. The van der Waals surface area contributed by atoms with Crippen molar-refractivity contribution < 1.29 is 17.3 Å². The molecule has 2 rings (SSSR count). The van der Waals surface area contributed by atoms with E-state index in [0.717, 1.165) is 17.8 Å². The summed E-state index contributed by atoms with van der Waals surface area (Å²) in [5.41, 5.74) is 0.0669. The Bertz CT molecular complexity index is 722. The first kappa shape index (κ1) is 15.2. The van der Waals surface area contributed by atoms with Crippen molar-refractivity contribution in [1.29, 1.82) is 0 Å². The second-order valence-electron chi connectivity index (χ2n) is 5.42. The summed E-state index contributed by atoms with van der Waals surface area (Å²) >= 11 is 0.790. The highest BCUT2D eigenvalue weighted by Gasteiger charge is 2.22. The molecule has 1 aromatic heterocycles. The molecule has 0 radical (unpaired) electrons. The van der Waals surface area contributed by atoms with Gasteiger partial charge in [-0.1, -0.05) is 0 Å². The smallest absolute Gasteiger partial charge is 0.243 e. The Labute approximate surface area is 121 Å². The molecule has 0 aliphatic heterocycles. The fourth-order valence-corrected chi connectivity index (χ4v) is 3.40. The van der Waals surface area contributed by atoms with E-state index >= 15 is 0 Å². The molecule has 2 aromatic rings.